The lowest BCUT2D eigenvalue weighted by molar-refractivity contribution is 0.249. The van der Waals surface area contributed by atoms with Gasteiger partial charge in [-0.05, 0) is 24.6 Å². The molecular formula is C11H15Cl2N3O. The van der Waals surface area contributed by atoms with E-state index in [0.29, 0.717) is 23.1 Å². The van der Waals surface area contributed by atoms with Gasteiger partial charge in [-0.3, -0.25) is 0 Å². The molecule has 0 radical (unpaired) electrons. The number of nitrogens with one attached hydrogen (secondary N) is 2. The first-order valence-corrected chi connectivity index (χ1v) is 5.98. The minimum Gasteiger partial charge on any atom is -0.352 e. The number of rotatable bonds is 5. The molecule has 0 aliphatic heterocycles. The zero-order valence-corrected chi connectivity index (χ0v) is 11.0. The van der Waals surface area contributed by atoms with Crippen molar-refractivity contribution in [1.29, 1.82) is 0 Å². The van der Waals surface area contributed by atoms with Gasteiger partial charge in [0.15, 0.2) is 0 Å². The first-order chi connectivity index (χ1) is 8.00. The molecule has 0 bridgehead atoms. The van der Waals surface area contributed by atoms with E-state index in [9.17, 15) is 4.79 Å². The first-order valence-electron chi connectivity index (χ1n) is 5.22. The Bertz CT molecular complexity index is 398. The standard InChI is InChI=1S/C11H15Cl2N3O/c1-7(15-4-5-16-11(14)17)9-3-2-8(12)6-10(9)13/h2-3,6-7,15H,4-5H2,1H3,(H3,14,16,17). The van der Waals surface area contributed by atoms with Gasteiger partial charge < -0.3 is 16.4 Å². The smallest absolute Gasteiger partial charge is 0.312 e. The average Bonchev–Trinajstić information content (AvgIpc) is 2.23. The molecule has 1 aromatic rings. The summed E-state index contributed by atoms with van der Waals surface area (Å²) >= 11 is 11.9. The molecule has 0 spiro atoms. The van der Waals surface area contributed by atoms with E-state index >= 15 is 0 Å². The second-order valence-corrected chi connectivity index (χ2v) is 4.48. The van der Waals surface area contributed by atoms with Crippen LogP contribution >= 0.6 is 23.2 Å². The van der Waals surface area contributed by atoms with Crippen molar-refractivity contribution < 1.29 is 4.79 Å². The number of halogens is 2. The molecule has 0 fully saturated rings. The number of amides is 2. The van der Waals surface area contributed by atoms with Crippen molar-refractivity contribution in [2.45, 2.75) is 13.0 Å². The molecule has 94 valence electrons. The number of hydrogen-bond acceptors (Lipinski definition) is 2. The number of nitrogens with two attached hydrogens (primary N) is 1. The number of benzene rings is 1. The normalized spacial score (nSPS) is 12.2. The molecule has 0 saturated carbocycles. The Morgan fingerprint density at radius 2 is 2.12 bits per heavy atom. The number of hydrogen-bond donors (Lipinski definition) is 3. The summed E-state index contributed by atoms with van der Waals surface area (Å²) in [7, 11) is 0. The van der Waals surface area contributed by atoms with Crippen LogP contribution in [-0.4, -0.2) is 19.1 Å². The Morgan fingerprint density at radius 1 is 1.41 bits per heavy atom. The highest BCUT2D eigenvalue weighted by atomic mass is 35.5. The molecule has 1 atom stereocenters. The predicted molar refractivity (Wildman–Crippen MR) is 70.5 cm³/mol. The summed E-state index contributed by atoms with van der Waals surface area (Å²) in [5, 5.41) is 6.95. The van der Waals surface area contributed by atoms with Crippen LogP contribution < -0.4 is 16.4 Å². The maximum absolute atomic E-state index is 10.5. The van der Waals surface area contributed by atoms with Crippen molar-refractivity contribution in [2.24, 2.45) is 5.73 Å². The van der Waals surface area contributed by atoms with Crippen LogP contribution in [0.1, 0.15) is 18.5 Å². The van der Waals surface area contributed by atoms with E-state index in [0.717, 1.165) is 5.56 Å². The number of urea groups is 1. The highest BCUT2D eigenvalue weighted by molar-refractivity contribution is 6.35. The largest absolute Gasteiger partial charge is 0.352 e. The van der Waals surface area contributed by atoms with E-state index in [4.69, 9.17) is 28.9 Å². The highest BCUT2D eigenvalue weighted by Crippen LogP contribution is 2.25. The third-order valence-electron chi connectivity index (χ3n) is 2.30. The van der Waals surface area contributed by atoms with E-state index in [2.05, 4.69) is 10.6 Å². The zero-order valence-electron chi connectivity index (χ0n) is 9.47. The summed E-state index contributed by atoms with van der Waals surface area (Å²) in [5.41, 5.74) is 5.92. The van der Waals surface area contributed by atoms with Crippen molar-refractivity contribution in [3.05, 3.63) is 33.8 Å². The Kier molecular flexibility index (Phi) is 5.55. The lowest BCUT2D eigenvalue weighted by atomic mass is 10.1. The Balaban J connectivity index is 2.46. The Labute approximate surface area is 110 Å². The molecular weight excluding hydrogens is 261 g/mol. The van der Waals surface area contributed by atoms with Crippen molar-refractivity contribution in [1.82, 2.24) is 10.6 Å². The summed E-state index contributed by atoms with van der Waals surface area (Å²) in [6.45, 7) is 3.08. The fourth-order valence-electron chi connectivity index (χ4n) is 1.44. The maximum atomic E-state index is 10.5. The molecule has 6 heteroatoms. The van der Waals surface area contributed by atoms with Crippen LogP contribution in [0.25, 0.3) is 0 Å². The molecule has 1 unspecified atom stereocenters. The third kappa shape index (κ3) is 4.81. The summed E-state index contributed by atoms with van der Waals surface area (Å²) in [6.07, 6.45) is 0. The molecule has 4 N–H and O–H groups in total. The molecule has 0 aromatic heterocycles. The van der Waals surface area contributed by atoms with Crippen LogP contribution in [-0.2, 0) is 0 Å². The fraction of sp³-hybridized carbons (Fsp3) is 0.364. The van der Waals surface area contributed by atoms with Crippen molar-refractivity contribution in [3.63, 3.8) is 0 Å². The van der Waals surface area contributed by atoms with Gasteiger partial charge in [-0.15, -0.1) is 0 Å². The molecule has 4 nitrogen and oxygen atoms in total. The monoisotopic (exact) mass is 275 g/mol. The summed E-state index contributed by atoms with van der Waals surface area (Å²) in [4.78, 5) is 10.5. The van der Waals surface area contributed by atoms with Crippen LogP contribution in [0.2, 0.25) is 10.0 Å². The quantitative estimate of drug-likeness (QED) is 0.722. The summed E-state index contributed by atoms with van der Waals surface area (Å²) in [6, 6.07) is 4.93. The molecule has 0 saturated heterocycles. The van der Waals surface area contributed by atoms with E-state index in [1.54, 1.807) is 12.1 Å². The van der Waals surface area contributed by atoms with Crippen molar-refractivity contribution >= 4 is 29.2 Å². The molecule has 0 aliphatic carbocycles. The molecule has 2 amide bonds. The Hall–Kier alpha value is -0.970. The molecule has 1 aromatic carbocycles. The summed E-state index contributed by atoms with van der Waals surface area (Å²) in [5.74, 6) is 0. The van der Waals surface area contributed by atoms with Gasteiger partial charge in [0.25, 0.3) is 0 Å². The van der Waals surface area contributed by atoms with E-state index in [1.807, 2.05) is 13.0 Å². The molecule has 17 heavy (non-hydrogen) atoms. The number of carbonyl (C=O) groups is 1. The van der Waals surface area contributed by atoms with Gasteiger partial charge in [0.2, 0.25) is 0 Å². The predicted octanol–water partition coefficient (Wildman–Crippen LogP) is 2.31. The van der Waals surface area contributed by atoms with Gasteiger partial charge in [-0.25, -0.2) is 4.79 Å². The van der Waals surface area contributed by atoms with E-state index in [-0.39, 0.29) is 6.04 Å². The van der Waals surface area contributed by atoms with E-state index in [1.165, 1.54) is 0 Å². The second kappa shape index (κ2) is 6.69. The van der Waals surface area contributed by atoms with Crippen molar-refractivity contribution in [3.8, 4) is 0 Å². The van der Waals surface area contributed by atoms with Gasteiger partial charge in [0.05, 0.1) is 0 Å². The van der Waals surface area contributed by atoms with E-state index < -0.39 is 6.03 Å². The minimum atomic E-state index is -0.524. The zero-order chi connectivity index (χ0) is 12.8. The molecule has 0 heterocycles. The van der Waals surface area contributed by atoms with Gasteiger partial charge in [0.1, 0.15) is 0 Å². The topological polar surface area (TPSA) is 67.2 Å². The first kappa shape index (κ1) is 14.1. The third-order valence-corrected chi connectivity index (χ3v) is 2.87. The molecule has 1 rings (SSSR count). The molecule has 0 aliphatic rings. The fourth-order valence-corrected chi connectivity index (χ4v) is 2.01. The van der Waals surface area contributed by atoms with Crippen LogP contribution in [0, 0.1) is 0 Å². The van der Waals surface area contributed by atoms with Gasteiger partial charge in [-0.1, -0.05) is 29.3 Å². The lowest BCUT2D eigenvalue weighted by Crippen LogP contribution is -2.36. The van der Waals surface area contributed by atoms with Crippen LogP contribution in [0.3, 0.4) is 0 Å². The second-order valence-electron chi connectivity index (χ2n) is 3.63. The maximum Gasteiger partial charge on any atom is 0.312 e. The lowest BCUT2D eigenvalue weighted by Gasteiger charge is -2.15. The van der Waals surface area contributed by atoms with Gasteiger partial charge in [0, 0.05) is 29.2 Å². The van der Waals surface area contributed by atoms with Gasteiger partial charge >= 0.3 is 6.03 Å². The minimum absolute atomic E-state index is 0.0782. The van der Waals surface area contributed by atoms with Crippen LogP contribution in [0.5, 0.6) is 0 Å². The summed E-state index contributed by atoms with van der Waals surface area (Å²) < 4.78 is 0. The van der Waals surface area contributed by atoms with Crippen molar-refractivity contribution in [2.75, 3.05) is 13.1 Å². The Morgan fingerprint density at radius 3 is 2.71 bits per heavy atom. The number of primary amides is 1. The highest BCUT2D eigenvalue weighted by Gasteiger charge is 2.09. The average molecular weight is 276 g/mol. The number of carbonyl (C=O) groups excluding carboxylic acids is 1. The SMILES string of the molecule is CC(NCCNC(N)=O)c1ccc(Cl)cc1Cl. The van der Waals surface area contributed by atoms with Gasteiger partial charge in [-0.2, -0.15) is 0 Å². The van der Waals surface area contributed by atoms with Crippen LogP contribution in [0.15, 0.2) is 18.2 Å². The van der Waals surface area contributed by atoms with Crippen LogP contribution in [0.4, 0.5) is 4.79 Å².